The van der Waals surface area contributed by atoms with Crippen LogP contribution >= 0.6 is 5.69 Å². The average Bonchev–Trinajstić information content (AvgIpc) is 1.91. The Hall–Kier alpha value is 1.72. The van der Waals surface area contributed by atoms with Crippen molar-refractivity contribution < 1.29 is 9.42 Å². The van der Waals surface area contributed by atoms with Gasteiger partial charge in [-0.05, 0) is 18.3 Å². The summed E-state index contributed by atoms with van der Waals surface area (Å²) in [5.74, 6) is 0. The van der Waals surface area contributed by atoms with E-state index in [1.165, 1.54) is 6.42 Å². The Bertz CT molecular complexity index is 229. The molecule has 1 rings (SSSR count). The van der Waals surface area contributed by atoms with E-state index in [0.717, 1.165) is 19.3 Å². The van der Waals surface area contributed by atoms with Gasteiger partial charge in [-0.1, -0.05) is 26.7 Å². The summed E-state index contributed by atoms with van der Waals surface area (Å²) >= 11 is 9.23. The summed E-state index contributed by atoms with van der Waals surface area (Å²) in [6.45, 7) is 4.24. The van der Waals surface area contributed by atoms with Crippen molar-refractivity contribution in [1.29, 1.82) is 0 Å². The van der Waals surface area contributed by atoms with Gasteiger partial charge in [-0.15, -0.1) is 17.5 Å². The van der Waals surface area contributed by atoms with Crippen LogP contribution in [0, 0.1) is 5.41 Å². The van der Waals surface area contributed by atoms with Crippen molar-refractivity contribution in [2.75, 3.05) is 0 Å². The van der Waals surface area contributed by atoms with Gasteiger partial charge >= 0.3 is 23.9 Å². The van der Waals surface area contributed by atoms with Crippen molar-refractivity contribution in [3.63, 3.8) is 0 Å². The van der Waals surface area contributed by atoms with E-state index >= 15 is 0 Å². The number of hydrogen-bond acceptors (Lipinski definition) is 4. The molecule has 78 valence electrons. The van der Waals surface area contributed by atoms with Crippen molar-refractivity contribution in [3.05, 3.63) is 0 Å². The Labute approximate surface area is 113 Å². The van der Waals surface area contributed by atoms with Crippen molar-refractivity contribution in [1.82, 2.24) is 0 Å². The summed E-state index contributed by atoms with van der Waals surface area (Å²) < 4.78 is 5.28. The predicted octanol–water partition coefficient (Wildman–Crippen LogP) is 1.72. The fraction of sp³-hybridized carbons (Fsp3) is 1.00. The molecule has 0 bridgehead atoms. The van der Waals surface area contributed by atoms with Crippen LogP contribution in [0.3, 0.4) is 0 Å². The third-order valence-electron chi connectivity index (χ3n) is 2.67. The molecule has 0 aliphatic heterocycles. The Balaban J connectivity index is 0.00000169. The third-order valence-corrected chi connectivity index (χ3v) is 3.69. The van der Waals surface area contributed by atoms with Gasteiger partial charge in [0.2, 0.25) is 0 Å². The topological polar surface area (TPSA) is 32.3 Å². The Kier molecular flexibility index (Phi) is 6.59. The van der Waals surface area contributed by atoms with Crippen LogP contribution < -0.4 is 4.89 Å². The molecule has 0 heterocycles. The van der Waals surface area contributed by atoms with Crippen LogP contribution in [-0.2, 0) is 28.6 Å². The normalized spacial score (nSPS) is 30.1. The van der Waals surface area contributed by atoms with Crippen LogP contribution in [0.1, 0.15) is 39.5 Å². The maximum atomic E-state index is 11.2. The first kappa shape index (κ1) is 15.7. The van der Waals surface area contributed by atoms with E-state index in [1.807, 2.05) is 0 Å². The first-order valence-corrected chi connectivity index (χ1v) is 8.17. The molecule has 0 aromatic heterocycles. The molecule has 2 unspecified atom stereocenters. The van der Waals surface area contributed by atoms with E-state index in [4.69, 9.17) is 4.52 Å². The van der Waals surface area contributed by atoms with Gasteiger partial charge in [0.05, 0.1) is 6.10 Å². The maximum Gasteiger partial charge on any atom is 4.00 e. The second-order valence-corrected chi connectivity index (χ2v) is 8.96. The van der Waals surface area contributed by atoms with Crippen molar-refractivity contribution in [2.24, 2.45) is 5.41 Å². The van der Waals surface area contributed by atoms with Gasteiger partial charge in [0.25, 0.3) is 0 Å². The van der Waals surface area contributed by atoms with Gasteiger partial charge < -0.3 is 21.7 Å². The molecule has 0 N–H and O–H groups in total. The summed E-state index contributed by atoms with van der Waals surface area (Å²) in [5, 5.41) is 0. The minimum Gasteiger partial charge on any atom is -0.819 e. The predicted molar refractivity (Wildman–Crippen MR) is 64.5 cm³/mol. The van der Waals surface area contributed by atoms with Gasteiger partial charge in [-0.3, -0.25) is 0 Å². The van der Waals surface area contributed by atoms with E-state index in [9.17, 15) is 4.89 Å². The smallest absolute Gasteiger partial charge is 0.819 e. The molecule has 2 atom stereocenters. The van der Waals surface area contributed by atoms with Gasteiger partial charge in [0.1, 0.15) is 0 Å². The van der Waals surface area contributed by atoms with Crippen LogP contribution in [0.15, 0.2) is 0 Å². The standard InChI is InChI=1S/C8H17O2PS2.Sn/c1-8(2)6-4-3-5-7(8)10-11(9,12)13;/h7H,3-6H2,1-2H3,(H2,9,12,13);/q;+4/p-2. The van der Waals surface area contributed by atoms with Crippen LogP contribution in [0.4, 0.5) is 0 Å². The first-order chi connectivity index (χ1) is 5.81. The number of hydrogen-bond donors (Lipinski definition) is 0. The molecule has 0 aromatic rings. The zero-order chi connectivity index (χ0) is 10.1. The summed E-state index contributed by atoms with van der Waals surface area (Å²) in [7, 11) is 0. The van der Waals surface area contributed by atoms with Gasteiger partial charge in [0.15, 0.2) is 0 Å². The summed E-state index contributed by atoms with van der Waals surface area (Å²) in [5.41, 5.74) is -3.07. The average molecular weight is 357 g/mol. The van der Waals surface area contributed by atoms with Crippen LogP contribution in [0.2, 0.25) is 0 Å². The van der Waals surface area contributed by atoms with Crippen molar-refractivity contribution in [2.45, 2.75) is 45.6 Å². The molecule has 0 spiro atoms. The molecule has 1 aliphatic carbocycles. The molecular weight excluding hydrogens is 342 g/mol. The van der Waals surface area contributed by atoms with Crippen molar-refractivity contribution >= 4 is 53.7 Å². The monoisotopic (exact) mass is 358 g/mol. The summed E-state index contributed by atoms with van der Waals surface area (Å²) in [6.07, 6.45) is 4.36. The number of rotatable bonds is 2. The van der Waals surface area contributed by atoms with Crippen LogP contribution in [-0.4, -0.2) is 30.0 Å². The van der Waals surface area contributed by atoms with E-state index in [1.54, 1.807) is 0 Å². The molecule has 0 radical (unpaired) electrons. The zero-order valence-corrected chi connectivity index (χ0v) is 13.9. The van der Waals surface area contributed by atoms with Gasteiger partial charge in [-0.25, -0.2) is 0 Å². The second-order valence-electron chi connectivity index (χ2n) is 4.28. The molecule has 6 heteroatoms. The third kappa shape index (κ3) is 5.17. The summed E-state index contributed by atoms with van der Waals surface area (Å²) in [6, 6.07) is 0. The summed E-state index contributed by atoms with van der Waals surface area (Å²) in [4.78, 5) is 11.2. The Morgan fingerprint density at radius 2 is 2.07 bits per heavy atom. The molecule has 0 amide bonds. The molecule has 0 saturated heterocycles. The minimum atomic E-state index is -3.15. The Morgan fingerprint density at radius 3 is 2.50 bits per heavy atom. The quantitative estimate of drug-likeness (QED) is 0.428. The first-order valence-electron chi connectivity index (χ1n) is 4.52. The Morgan fingerprint density at radius 1 is 1.50 bits per heavy atom. The van der Waals surface area contributed by atoms with Crippen LogP contribution in [0.25, 0.3) is 0 Å². The van der Waals surface area contributed by atoms with E-state index in [0.29, 0.717) is 0 Å². The molecular formula is C8H15O2PS2Sn+2. The zero-order valence-electron chi connectivity index (χ0n) is 8.49. The molecule has 1 aliphatic rings. The minimum absolute atomic E-state index is 0. The molecule has 0 aromatic carbocycles. The largest absolute Gasteiger partial charge is 4.00 e. The fourth-order valence-electron chi connectivity index (χ4n) is 1.81. The SMILES string of the molecule is CC1(C)CCCCC1OP([O-])(=S)[S-].[Sn+4]. The molecule has 1 saturated carbocycles. The van der Waals surface area contributed by atoms with Crippen molar-refractivity contribution in [3.8, 4) is 0 Å². The molecule has 1 fully saturated rings. The van der Waals surface area contributed by atoms with E-state index in [2.05, 4.69) is 37.9 Å². The molecule has 14 heavy (non-hydrogen) atoms. The van der Waals surface area contributed by atoms with Gasteiger partial charge in [0, 0.05) is 0 Å². The van der Waals surface area contributed by atoms with E-state index in [-0.39, 0.29) is 35.4 Å². The van der Waals surface area contributed by atoms with Crippen LogP contribution in [0.5, 0.6) is 0 Å². The maximum absolute atomic E-state index is 11.2. The fourth-order valence-corrected chi connectivity index (χ4v) is 3.14. The van der Waals surface area contributed by atoms with Gasteiger partial charge in [-0.2, -0.15) is 0 Å². The van der Waals surface area contributed by atoms with E-state index < -0.39 is 5.69 Å². The molecule has 2 nitrogen and oxygen atoms in total. The second kappa shape index (κ2) is 5.87.